The summed E-state index contributed by atoms with van der Waals surface area (Å²) in [6.45, 7) is 2.22. The number of oxime groups is 1. The van der Waals surface area contributed by atoms with E-state index in [1.54, 1.807) is 6.92 Å². The van der Waals surface area contributed by atoms with Gasteiger partial charge in [-0.15, -0.1) is 0 Å². The van der Waals surface area contributed by atoms with E-state index < -0.39 is 23.7 Å². The molecule has 0 aromatic heterocycles. The quantitative estimate of drug-likeness (QED) is 0.192. The van der Waals surface area contributed by atoms with Crippen molar-refractivity contribution in [3.8, 4) is 0 Å². The largest absolute Gasteiger partial charge is 0.463 e. The van der Waals surface area contributed by atoms with Gasteiger partial charge in [0.25, 0.3) is 0 Å². The molecule has 0 rings (SSSR count). The van der Waals surface area contributed by atoms with Crippen LogP contribution in [0, 0.1) is 0 Å². The summed E-state index contributed by atoms with van der Waals surface area (Å²) in [4.78, 5) is 25.6. The van der Waals surface area contributed by atoms with Crippen LogP contribution in [0.25, 0.3) is 0 Å². The lowest BCUT2D eigenvalue weighted by Gasteiger charge is -2.06. The van der Waals surface area contributed by atoms with Crippen LogP contribution in [0.1, 0.15) is 13.8 Å². The highest BCUT2D eigenvalue weighted by atomic mass is 19.3. The molecule has 0 spiro atoms. The van der Waals surface area contributed by atoms with E-state index in [1.165, 1.54) is 0 Å². The molecule has 0 aliphatic rings. The predicted octanol–water partition coefficient (Wildman–Crippen LogP) is 0.576. The molecule has 96 valence electrons. The van der Waals surface area contributed by atoms with E-state index >= 15 is 0 Å². The molecule has 0 aromatic rings. The maximum Gasteiger partial charge on any atom is 0.358 e. The Kier molecular flexibility index (Phi) is 5.79. The van der Waals surface area contributed by atoms with Gasteiger partial charge in [-0.2, -0.15) is 8.78 Å². The van der Waals surface area contributed by atoms with Crippen molar-refractivity contribution in [3.63, 3.8) is 0 Å². The van der Waals surface area contributed by atoms with Crippen LogP contribution in [0.3, 0.4) is 0 Å². The zero-order chi connectivity index (χ0) is 13.5. The van der Waals surface area contributed by atoms with Gasteiger partial charge in [0.15, 0.2) is 0 Å². The Hall–Kier alpha value is -1.99. The fourth-order valence-electron chi connectivity index (χ4n) is 0.531. The Labute approximate surface area is 96.0 Å². The topological polar surface area (TPSA) is 91.0 Å². The van der Waals surface area contributed by atoms with Crippen LogP contribution < -0.4 is 5.73 Å². The number of amidine groups is 1. The molecule has 6 nitrogen and oxygen atoms in total. The van der Waals surface area contributed by atoms with Crippen molar-refractivity contribution < 1.29 is 27.9 Å². The van der Waals surface area contributed by atoms with Crippen molar-refractivity contribution >= 4 is 17.8 Å². The van der Waals surface area contributed by atoms with Crippen molar-refractivity contribution in [1.29, 1.82) is 0 Å². The molecule has 0 bridgehead atoms. The molecule has 0 aliphatic carbocycles. The second-order valence-corrected chi connectivity index (χ2v) is 2.86. The Morgan fingerprint density at radius 1 is 1.35 bits per heavy atom. The monoisotopic (exact) mass is 250 g/mol. The number of halogens is 2. The first-order valence-corrected chi connectivity index (χ1v) is 4.55. The number of alkyl halides is 2. The van der Waals surface area contributed by atoms with Crippen LogP contribution in [0.5, 0.6) is 0 Å². The number of nitrogens with two attached hydrogens (primary N) is 1. The van der Waals surface area contributed by atoms with Crippen molar-refractivity contribution in [2.45, 2.75) is 19.8 Å². The third kappa shape index (κ3) is 6.98. The molecule has 0 aromatic carbocycles. The highest BCUT2D eigenvalue weighted by Crippen LogP contribution is 2.10. The van der Waals surface area contributed by atoms with E-state index in [0.717, 1.165) is 6.08 Å². The number of ether oxygens (including phenoxy) is 1. The fraction of sp³-hybridized carbons (Fsp3) is 0.444. The van der Waals surface area contributed by atoms with Gasteiger partial charge in [-0.05, 0) is 6.92 Å². The number of carbonyl (C=O) groups is 2. The molecule has 0 aliphatic heterocycles. The molecule has 0 unspecified atom stereocenters. The molecule has 0 radical (unpaired) electrons. The van der Waals surface area contributed by atoms with Gasteiger partial charge in [0, 0.05) is 19.1 Å². The predicted molar refractivity (Wildman–Crippen MR) is 54.1 cm³/mol. The number of hydrogen-bond donors (Lipinski definition) is 1. The first kappa shape index (κ1) is 15.0. The average molecular weight is 250 g/mol. The van der Waals surface area contributed by atoms with Gasteiger partial charge in [0.05, 0.1) is 6.61 Å². The zero-order valence-corrected chi connectivity index (χ0v) is 9.28. The summed E-state index contributed by atoms with van der Waals surface area (Å²) < 4.78 is 29.3. The number of nitrogens with zero attached hydrogens (tertiary/aromatic N) is 1. The lowest BCUT2D eigenvalue weighted by molar-refractivity contribution is -0.140. The third-order valence-electron chi connectivity index (χ3n) is 1.33. The summed E-state index contributed by atoms with van der Waals surface area (Å²) in [6.07, 6.45) is 1.46. The summed E-state index contributed by atoms with van der Waals surface area (Å²) in [5, 5.41) is 2.71. The van der Waals surface area contributed by atoms with E-state index in [9.17, 15) is 18.4 Å². The number of rotatable bonds is 5. The minimum Gasteiger partial charge on any atom is -0.463 e. The number of hydrogen-bond acceptors (Lipinski definition) is 5. The van der Waals surface area contributed by atoms with E-state index in [-0.39, 0.29) is 6.61 Å². The summed E-state index contributed by atoms with van der Waals surface area (Å²) in [5.41, 5.74) is 4.81. The van der Waals surface area contributed by atoms with Crippen LogP contribution in [-0.4, -0.2) is 30.3 Å². The fourth-order valence-corrected chi connectivity index (χ4v) is 0.531. The van der Waals surface area contributed by atoms with E-state index in [1.807, 2.05) is 0 Å². The van der Waals surface area contributed by atoms with E-state index in [4.69, 9.17) is 5.73 Å². The lowest BCUT2D eigenvalue weighted by Crippen LogP contribution is -2.32. The Bertz CT molecular complexity index is 347. The van der Waals surface area contributed by atoms with E-state index in [0.29, 0.717) is 13.0 Å². The Morgan fingerprint density at radius 2 is 1.88 bits per heavy atom. The molecular formula is C9H12F2N2O4. The maximum atomic E-state index is 12.4. The van der Waals surface area contributed by atoms with Gasteiger partial charge in [-0.25, -0.2) is 9.59 Å². The number of esters is 1. The average Bonchev–Trinajstić information content (AvgIpc) is 2.22. The molecule has 17 heavy (non-hydrogen) atoms. The summed E-state index contributed by atoms with van der Waals surface area (Å²) in [5.74, 6) is -6.41. The highest BCUT2D eigenvalue weighted by Gasteiger charge is 2.28. The van der Waals surface area contributed by atoms with Crippen molar-refractivity contribution in [3.05, 3.63) is 12.2 Å². The minimum atomic E-state index is -3.38. The van der Waals surface area contributed by atoms with Gasteiger partial charge < -0.3 is 15.3 Å². The van der Waals surface area contributed by atoms with Crippen molar-refractivity contribution in [1.82, 2.24) is 0 Å². The standard InChI is InChI=1S/C9H12F2N2O4/c1-3-16-6(14)4-5-7(15)17-13-8(12)9(2,10)11/h4-5H,3H2,1-2H3,(H2,12,13)/b5-4+. The van der Waals surface area contributed by atoms with Crippen molar-refractivity contribution in [2.75, 3.05) is 6.61 Å². The van der Waals surface area contributed by atoms with Crippen LogP contribution in [0.2, 0.25) is 0 Å². The van der Waals surface area contributed by atoms with Gasteiger partial charge >= 0.3 is 17.9 Å². The van der Waals surface area contributed by atoms with Crippen LogP contribution in [0.4, 0.5) is 8.78 Å². The smallest absolute Gasteiger partial charge is 0.358 e. The van der Waals surface area contributed by atoms with Crippen LogP contribution in [0.15, 0.2) is 17.3 Å². The Balaban J connectivity index is 4.25. The zero-order valence-electron chi connectivity index (χ0n) is 9.28. The minimum absolute atomic E-state index is 0.144. The second kappa shape index (κ2) is 6.56. The van der Waals surface area contributed by atoms with Crippen LogP contribution in [-0.2, 0) is 19.2 Å². The lowest BCUT2D eigenvalue weighted by atomic mass is 10.4. The first-order chi connectivity index (χ1) is 7.77. The van der Waals surface area contributed by atoms with Gasteiger partial charge in [0.1, 0.15) is 0 Å². The highest BCUT2D eigenvalue weighted by molar-refractivity contribution is 5.92. The molecular weight excluding hydrogens is 238 g/mol. The molecule has 0 heterocycles. The summed E-state index contributed by atoms with van der Waals surface area (Å²) in [6, 6.07) is 0. The van der Waals surface area contributed by atoms with Gasteiger partial charge in [-0.3, -0.25) is 0 Å². The molecule has 0 amide bonds. The second-order valence-electron chi connectivity index (χ2n) is 2.86. The molecule has 8 heteroatoms. The number of carbonyl (C=O) groups excluding carboxylic acids is 2. The van der Waals surface area contributed by atoms with Crippen molar-refractivity contribution in [2.24, 2.45) is 10.9 Å². The summed E-state index contributed by atoms with van der Waals surface area (Å²) in [7, 11) is 0. The molecule has 0 fully saturated rings. The SMILES string of the molecule is CCOC(=O)/C=C/C(=O)O/N=C(/N)C(C)(F)F. The molecule has 2 N–H and O–H groups in total. The molecule has 0 saturated heterocycles. The van der Waals surface area contributed by atoms with Gasteiger partial charge in [-0.1, -0.05) is 5.16 Å². The molecule has 0 saturated carbocycles. The van der Waals surface area contributed by atoms with Crippen LogP contribution >= 0.6 is 0 Å². The summed E-state index contributed by atoms with van der Waals surface area (Å²) >= 11 is 0. The third-order valence-corrected chi connectivity index (χ3v) is 1.33. The van der Waals surface area contributed by atoms with E-state index in [2.05, 4.69) is 14.7 Å². The molecule has 0 atom stereocenters. The van der Waals surface area contributed by atoms with Gasteiger partial charge in [0.2, 0.25) is 5.84 Å². The maximum absolute atomic E-state index is 12.4. The normalized spacial score (nSPS) is 12.6. The Morgan fingerprint density at radius 3 is 2.35 bits per heavy atom. The first-order valence-electron chi connectivity index (χ1n) is 4.55.